The van der Waals surface area contributed by atoms with Gasteiger partial charge in [-0.3, -0.25) is 4.90 Å². The molecule has 0 spiro atoms. The van der Waals surface area contributed by atoms with Crippen molar-refractivity contribution in [2.45, 2.75) is 30.9 Å². The molecule has 1 aliphatic heterocycles. The number of nitrogens with zero attached hydrogens (tertiary/aromatic N) is 1. The molecule has 98 valence electrons. The fourth-order valence-electron chi connectivity index (χ4n) is 2.68. The molecule has 2 nitrogen and oxygen atoms in total. The Balaban J connectivity index is 1.92. The van der Waals surface area contributed by atoms with Crippen molar-refractivity contribution in [1.82, 2.24) is 4.90 Å². The van der Waals surface area contributed by atoms with Gasteiger partial charge in [0.15, 0.2) is 0 Å². The van der Waals surface area contributed by atoms with Gasteiger partial charge in [-0.2, -0.15) is 0 Å². The van der Waals surface area contributed by atoms with Crippen molar-refractivity contribution in [1.29, 1.82) is 0 Å². The van der Waals surface area contributed by atoms with Crippen LogP contribution >= 0.6 is 27.5 Å². The minimum absolute atomic E-state index is 0.0470. The predicted octanol–water partition coefficient (Wildman–Crippen LogP) is 3.30. The van der Waals surface area contributed by atoms with Crippen LogP contribution in [0.5, 0.6) is 0 Å². The predicted molar refractivity (Wildman–Crippen MR) is 72.2 cm³/mol. The van der Waals surface area contributed by atoms with Gasteiger partial charge in [0.2, 0.25) is 0 Å². The SMILES string of the molecule is OC1(c2ccc(Br)c(Cl)c2F)CCN(C2CC2)C1. The second-order valence-electron chi connectivity index (χ2n) is 5.21. The van der Waals surface area contributed by atoms with Crippen LogP contribution in [-0.2, 0) is 5.60 Å². The molecule has 1 atom stereocenters. The molecule has 1 aromatic carbocycles. The largest absolute Gasteiger partial charge is 0.384 e. The lowest BCUT2D eigenvalue weighted by atomic mass is 9.92. The molecule has 1 saturated carbocycles. The van der Waals surface area contributed by atoms with E-state index in [-0.39, 0.29) is 5.02 Å². The summed E-state index contributed by atoms with van der Waals surface area (Å²) in [6, 6.07) is 3.91. The summed E-state index contributed by atoms with van der Waals surface area (Å²) in [4.78, 5) is 2.25. The highest BCUT2D eigenvalue weighted by molar-refractivity contribution is 9.10. The first kappa shape index (κ1) is 12.9. The number of hydrogen-bond acceptors (Lipinski definition) is 2. The Bertz CT molecular complexity index is 494. The Hall–Kier alpha value is -0.160. The third-order valence-corrected chi connectivity index (χ3v) is 5.14. The highest BCUT2D eigenvalue weighted by atomic mass is 79.9. The molecule has 0 amide bonds. The first-order chi connectivity index (χ1) is 8.51. The molecular weight excluding hydrogens is 321 g/mol. The molecule has 0 bridgehead atoms. The number of rotatable bonds is 2. The maximum Gasteiger partial charge on any atom is 0.149 e. The first-order valence-electron chi connectivity index (χ1n) is 6.12. The van der Waals surface area contributed by atoms with Crippen molar-refractivity contribution >= 4 is 27.5 Å². The normalized spacial score (nSPS) is 28.9. The molecular formula is C13H14BrClFNO. The lowest BCUT2D eigenvalue weighted by Gasteiger charge is -2.25. The van der Waals surface area contributed by atoms with E-state index >= 15 is 0 Å². The third-order valence-electron chi connectivity index (χ3n) is 3.88. The van der Waals surface area contributed by atoms with Crippen LogP contribution < -0.4 is 0 Å². The third kappa shape index (κ3) is 2.09. The molecule has 1 saturated heterocycles. The van der Waals surface area contributed by atoms with Crippen molar-refractivity contribution in [3.8, 4) is 0 Å². The molecule has 2 fully saturated rings. The van der Waals surface area contributed by atoms with E-state index in [1.54, 1.807) is 12.1 Å². The van der Waals surface area contributed by atoms with Crippen LogP contribution in [0.15, 0.2) is 16.6 Å². The molecule has 1 aliphatic carbocycles. The molecule has 5 heteroatoms. The van der Waals surface area contributed by atoms with Gasteiger partial charge in [0.05, 0.1) is 5.02 Å². The van der Waals surface area contributed by atoms with Gasteiger partial charge >= 0.3 is 0 Å². The quantitative estimate of drug-likeness (QED) is 0.839. The summed E-state index contributed by atoms with van der Waals surface area (Å²) in [6.45, 7) is 1.33. The van der Waals surface area contributed by atoms with E-state index in [2.05, 4.69) is 20.8 Å². The smallest absolute Gasteiger partial charge is 0.149 e. The summed E-state index contributed by atoms with van der Waals surface area (Å²) < 4.78 is 14.7. The summed E-state index contributed by atoms with van der Waals surface area (Å²) >= 11 is 9.08. The van der Waals surface area contributed by atoms with Crippen molar-refractivity contribution < 1.29 is 9.50 Å². The monoisotopic (exact) mass is 333 g/mol. The van der Waals surface area contributed by atoms with E-state index in [4.69, 9.17) is 11.6 Å². The Kier molecular flexibility index (Phi) is 3.17. The topological polar surface area (TPSA) is 23.5 Å². The Labute approximate surface area is 119 Å². The van der Waals surface area contributed by atoms with Gasteiger partial charge in [0.1, 0.15) is 11.4 Å². The molecule has 18 heavy (non-hydrogen) atoms. The molecule has 1 heterocycles. The molecule has 0 radical (unpaired) electrons. The number of β-amino-alcohol motifs (C(OH)–C–C–N with tert-alkyl or cyclic N) is 1. The average molecular weight is 335 g/mol. The van der Waals surface area contributed by atoms with Gasteiger partial charge < -0.3 is 5.11 Å². The molecule has 1 N–H and O–H groups in total. The van der Waals surface area contributed by atoms with Crippen molar-refractivity contribution in [3.05, 3.63) is 33.0 Å². The van der Waals surface area contributed by atoms with Gasteiger partial charge in [-0.05, 0) is 41.3 Å². The van der Waals surface area contributed by atoms with E-state index in [1.807, 2.05) is 0 Å². The first-order valence-corrected chi connectivity index (χ1v) is 7.29. The zero-order valence-electron chi connectivity index (χ0n) is 9.80. The van der Waals surface area contributed by atoms with E-state index in [0.717, 1.165) is 6.54 Å². The highest BCUT2D eigenvalue weighted by Gasteiger charge is 2.44. The Morgan fingerprint density at radius 2 is 2.17 bits per heavy atom. The van der Waals surface area contributed by atoms with Crippen molar-refractivity contribution in [2.75, 3.05) is 13.1 Å². The van der Waals surface area contributed by atoms with Gasteiger partial charge in [-0.25, -0.2) is 4.39 Å². The van der Waals surface area contributed by atoms with Gasteiger partial charge in [-0.1, -0.05) is 17.7 Å². The van der Waals surface area contributed by atoms with E-state index in [9.17, 15) is 9.50 Å². The fraction of sp³-hybridized carbons (Fsp3) is 0.538. The zero-order chi connectivity index (χ0) is 12.9. The summed E-state index contributed by atoms with van der Waals surface area (Å²) in [5.41, 5.74) is -0.782. The molecule has 3 rings (SSSR count). The molecule has 1 unspecified atom stereocenters. The molecule has 1 aromatic rings. The van der Waals surface area contributed by atoms with Crippen LogP contribution in [-0.4, -0.2) is 29.1 Å². The van der Waals surface area contributed by atoms with Crippen LogP contribution in [0.3, 0.4) is 0 Å². The van der Waals surface area contributed by atoms with Crippen LogP contribution in [0, 0.1) is 5.82 Å². The number of hydrogen-bond donors (Lipinski definition) is 1. The summed E-state index contributed by atoms with van der Waals surface area (Å²) in [7, 11) is 0. The second-order valence-corrected chi connectivity index (χ2v) is 6.44. The number of aliphatic hydroxyl groups is 1. The van der Waals surface area contributed by atoms with Crippen molar-refractivity contribution in [3.63, 3.8) is 0 Å². The summed E-state index contributed by atoms with van der Waals surface area (Å²) in [5, 5.41) is 10.7. The maximum atomic E-state index is 14.2. The lowest BCUT2D eigenvalue weighted by molar-refractivity contribution is 0.0416. The summed E-state index contributed by atoms with van der Waals surface area (Å²) in [6.07, 6.45) is 2.96. The van der Waals surface area contributed by atoms with Crippen molar-refractivity contribution in [2.24, 2.45) is 0 Å². The van der Waals surface area contributed by atoms with Gasteiger partial charge in [-0.15, -0.1) is 0 Å². The minimum atomic E-state index is -1.10. The fourth-order valence-corrected chi connectivity index (χ4v) is 3.15. The molecule has 0 aromatic heterocycles. The average Bonchev–Trinajstić information content (AvgIpc) is 3.10. The van der Waals surface area contributed by atoms with Crippen LogP contribution in [0.2, 0.25) is 5.02 Å². The number of benzene rings is 1. The van der Waals surface area contributed by atoms with E-state index in [1.165, 1.54) is 12.8 Å². The second kappa shape index (κ2) is 4.44. The number of halogens is 3. The molecule has 2 aliphatic rings. The highest BCUT2D eigenvalue weighted by Crippen LogP contribution is 2.41. The maximum absolute atomic E-state index is 14.2. The van der Waals surface area contributed by atoms with E-state index in [0.29, 0.717) is 29.0 Å². The lowest BCUT2D eigenvalue weighted by Crippen LogP contribution is -2.32. The Morgan fingerprint density at radius 1 is 1.44 bits per heavy atom. The standard InChI is InChI=1S/C13H14BrClFNO/c14-10-4-3-9(12(16)11(10)15)13(18)5-6-17(7-13)8-1-2-8/h3-4,8,18H,1-2,5-7H2. The van der Waals surface area contributed by atoms with Crippen LogP contribution in [0.4, 0.5) is 4.39 Å². The van der Waals surface area contributed by atoms with Crippen LogP contribution in [0.1, 0.15) is 24.8 Å². The summed E-state index contributed by atoms with van der Waals surface area (Å²) in [5.74, 6) is -0.508. The van der Waals surface area contributed by atoms with Gasteiger partial charge in [0, 0.05) is 29.2 Å². The number of likely N-dealkylation sites (tertiary alicyclic amines) is 1. The Morgan fingerprint density at radius 3 is 2.83 bits per heavy atom. The zero-order valence-corrected chi connectivity index (χ0v) is 12.1. The minimum Gasteiger partial charge on any atom is -0.384 e. The van der Waals surface area contributed by atoms with Gasteiger partial charge in [0.25, 0.3) is 0 Å². The van der Waals surface area contributed by atoms with Crippen LogP contribution in [0.25, 0.3) is 0 Å². The van der Waals surface area contributed by atoms with E-state index < -0.39 is 11.4 Å².